The zero-order valence-corrected chi connectivity index (χ0v) is 14.8. The van der Waals surface area contributed by atoms with Crippen molar-refractivity contribution in [3.05, 3.63) is 64.6 Å². The van der Waals surface area contributed by atoms with E-state index in [0.717, 1.165) is 11.3 Å². The number of hydrogen-bond acceptors (Lipinski definition) is 6. The Morgan fingerprint density at radius 2 is 2.08 bits per heavy atom. The van der Waals surface area contributed by atoms with Crippen LogP contribution in [0.2, 0.25) is 5.02 Å². The smallest absolute Gasteiger partial charge is 0.363 e. The molecule has 6 nitrogen and oxygen atoms in total. The molecule has 1 aromatic carbocycles. The van der Waals surface area contributed by atoms with Crippen molar-refractivity contribution in [2.75, 3.05) is 18.5 Å². The van der Waals surface area contributed by atoms with Gasteiger partial charge in [0.2, 0.25) is 5.90 Å². The molecule has 2 aromatic rings. The van der Waals surface area contributed by atoms with Crippen LogP contribution in [0.1, 0.15) is 17.7 Å². The number of cyclic esters (lactones) is 1. The predicted molar refractivity (Wildman–Crippen MR) is 99.8 cm³/mol. The summed E-state index contributed by atoms with van der Waals surface area (Å²) in [4.78, 5) is 22.3. The summed E-state index contributed by atoms with van der Waals surface area (Å²) < 4.78 is 5.18. The van der Waals surface area contributed by atoms with Crippen LogP contribution in [0.3, 0.4) is 0 Å². The van der Waals surface area contributed by atoms with Gasteiger partial charge in [-0.2, -0.15) is 5.26 Å². The van der Waals surface area contributed by atoms with Crippen LogP contribution in [0.25, 0.3) is 6.08 Å². The van der Waals surface area contributed by atoms with E-state index in [-0.39, 0.29) is 11.6 Å². The number of aromatic nitrogens is 1. The lowest BCUT2D eigenvalue weighted by molar-refractivity contribution is -0.129. The summed E-state index contributed by atoms with van der Waals surface area (Å²) in [6.07, 6.45) is 3.64. The molecular formula is C19H15ClN4O2. The van der Waals surface area contributed by atoms with Crippen LogP contribution in [0.15, 0.2) is 53.3 Å². The number of nitriles is 1. The van der Waals surface area contributed by atoms with Crippen molar-refractivity contribution in [2.24, 2.45) is 4.99 Å². The Hall–Kier alpha value is -3.17. The van der Waals surface area contributed by atoms with Crippen LogP contribution in [-0.4, -0.2) is 30.4 Å². The molecule has 0 amide bonds. The fourth-order valence-corrected chi connectivity index (χ4v) is 2.53. The quantitative estimate of drug-likeness (QED) is 0.598. The molecule has 0 spiro atoms. The summed E-state index contributed by atoms with van der Waals surface area (Å²) in [7, 11) is 1.92. The summed E-state index contributed by atoms with van der Waals surface area (Å²) >= 11 is 5.93. The Labute approximate surface area is 156 Å². The Bertz CT molecular complexity index is 929. The zero-order chi connectivity index (χ0) is 18.5. The lowest BCUT2D eigenvalue weighted by Gasteiger charge is -2.17. The molecule has 0 atom stereocenters. The molecule has 0 saturated carbocycles. The predicted octanol–water partition coefficient (Wildman–Crippen LogP) is 3.43. The number of pyridine rings is 1. The van der Waals surface area contributed by atoms with Crippen LogP contribution in [0.5, 0.6) is 0 Å². The van der Waals surface area contributed by atoms with Crippen LogP contribution in [-0.2, 0) is 9.53 Å². The number of esters is 1. The lowest BCUT2D eigenvalue weighted by atomic mass is 10.1. The van der Waals surface area contributed by atoms with Gasteiger partial charge < -0.3 is 9.64 Å². The largest absolute Gasteiger partial charge is 0.400 e. The monoisotopic (exact) mass is 366 g/mol. The Morgan fingerprint density at radius 1 is 1.31 bits per heavy atom. The van der Waals surface area contributed by atoms with Crippen molar-refractivity contribution < 1.29 is 9.53 Å². The van der Waals surface area contributed by atoms with Crippen LogP contribution in [0.4, 0.5) is 5.69 Å². The first-order chi connectivity index (χ1) is 12.6. The Morgan fingerprint density at radius 3 is 2.77 bits per heavy atom. The fraction of sp³-hybridized carbons (Fsp3) is 0.158. The summed E-state index contributed by atoms with van der Waals surface area (Å²) in [5.74, 6) is -0.395. The minimum atomic E-state index is -0.531. The van der Waals surface area contributed by atoms with Gasteiger partial charge in [-0.3, -0.25) is 4.98 Å². The highest BCUT2D eigenvalue weighted by molar-refractivity contribution is 6.31. The third kappa shape index (κ3) is 4.08. The van der Waals surface area contributed by atoms with Gasteiger partial charge in [0.15, 0.2) is 5.70 Å². The minimum Gasteiger partial charge on any atom is -0.400 e. The number of ether oxygens (including phenoxy) is 1. The second-order valence-corrected chi connectivity index (χ2v) is 6.05. The molecule has 2 heterocycles. The van der Waals surface area contributed by atoms with Gasteiger partial charge in [0.25, 0.3) is 0 Å². The van der Waals surface area contributed by atoms with E-state index in [1.165, 1.54) is 6.20 Å². The molecule has 0 saturated heterocycles. The second kappa shape index (κ2) is 7.81. The lowest BCUT2D eigenvalue weighted by Crippen LogP contribution is -2.17. The number of rotatable bonds is 5. The van der Waals surface area contributed by atoms with Crippen LogP contribution < -0.4 is 4.90 Å². The number of benzene rings is 1. The molecular weight excluding hydrogens is 352 g/mol. The summed E-state index contributed by atoms with van der Waals surface area (Å²) in [5.41, 5.74) is 2.42. The van der Waals surface area contributed by atoms with E-state index in [0.29, 0.717) is 23.7 Å². The fourth-order valence-electron chi connectivity index (χ4n) is 2.37. The average molecular weight is 367 g/mol. The topological polar surface area (TPSA) is 78.6 Å². The molecule has 1 aromatic heterocycles. The van der Waals surface area contributed by atoms with Gasteiger partial charge in [0, 0.05) is 30.5 Å². The number of nitrogens with zero attached hydrogens (tertiary/aromatic N) is 4. The van der Waals surface area contributed by atoms with Crippen LogP contribution >= 0.6 is 11.6 Å². The highest BCUT2D eigenvalue weighted by Gasteiger charge is 2.25. The first-order valence-electron chi connectivity index (χ1n) is 7.89. The third-order valence-corrected chi connectivity index (χ3v) is 3.99. The zero-order valence-electron chi connectivity index (χ0n) is 14.0. The van der Waals surface area contributed by atoms with Crippen molar-refractivity contribution in [3.8, 4) is 6.07 Å². The molecule has 1 aliphatic heterocycles. The summed E-state index contributed by atoms with van der Waals surface area (Å²) in [6, 6.07) is 12.9. The number of carbonyl (C=O) groups is 1. The minimum absolute atomic E-state index is 0.136. The molecule has 7 heteroatoms. The van der Waals surface area contributed by atoms with E-state index in [4.69, 9.17) is 21.6 Å². The number of halogens is 1. The second-order valence-electron chi connectivity index (χ2n) is 5.62. The van der Waals surface area contributed by atoms with E-state index in [1.807, 2.05) is 36.2 Å². The van der Waals surface area contributed by atoms with Gasteiger partial charge in [0.05, 0.1) is 12.5 Å². The number of carbonyl (C=O) groups excluding carboxylic acids is 1. The van der Waals surface area contributed by atoms with Gasteiger partial charge in [-0.25, -0.2) is 9.79 Å². The van der Waals surface area contributed by atoms with E-state index >= 15 is 0 Å². The highest BCUT2D eigenvalue weighted by Crippen LogP contribution is 2.21. The maximum atomic E-state index is 12.0. The number of aliphatic imine (C=N–C) groups is 1. The SMILES string of the molecule is CN(CCC#N)c1ccc(/C=C2\N=C(c3cc(Cl)ccn3)OC2=O)cc1. The van der Waals surface area contributed by atoms with Crippen molar-refractivity contribution in [3.63, 3.8) is 0 Å². The number of hydrogen-bond donors (Lipinski definition) is 0. The summed E-state index contributed by atoms with van der Waals surface area (Å²) in [5, 5.41) is 9.15. The van der Waals surface area contributed by atoms with Crippen molar-refractivity contribution >= 4 is 35.2 Å². The van der Waals surface area contributed by atoms with E-state index in [1.54, 1.807) is 18.2 Å². The van der Waals surface area contributed by atoms with Gasteiger partial charge >= 0.3 is 5.97 Å². The van der Waals surface area contributed by atoms with Gasteiger partial charge in [-0.1, -0.05) is 23.7 Å². The molecule has 0 radical (unpaired) electrons. The normalized spacial score (nSPS) is 14.7. The van der Waals surface area contributed by atoms with Crippen LogP contribution in [0, 0.1) is 11.3 Å². The van der Waals surface area contributed by atoms with Gasteiger partial charge in [-0.05, 0) is 35.9 Å². The molecule has 3 rings (SSSR count). The van der Waals surface area contributed by atoms with Crippen molar-refractivity contribution in [1.82, 2.24) is 4.98 Å². The standard InChI is InChI=1S/C19H15ClN4O2/c1-24(10-2-8-21)15-5-3-13(4-6-15)11-17-19(25)26-18(23-17)16-12-14(20)7-9-22-16/h3-7,9,11-12H,2,10H2,1H3/b17-11-. The average Bonchev–Trinajstić information content (AvgIpc) is 3.01. The Kier molecular flexibility index (Phi) is 5.30. The van der Waals surface area contributed by atoms with E-state index in [2.05, 4.69) is 16.0 Å². The number of anilines is 1. The van der Waals surface area contributed by atoms with Gasteiger partial charge in [-0.15, -0.1) is 0 Å². The molecule has 0 aliphatic carbocycles. The van der Waals surface area contributed by atoms with Crippen molar-refractivity contribution in [1.29, 1.82) is 5.26 Å². The Balaban J connectivity index is 1.79. The van der Waals surface area contributed by atoms with E-state index in [9.17, 15) is 4.79 Å². The molecule has 1 aliphatic rings. The molecule has 26 heavy (non-hydrogen) atoms. The maximum Gasteiger partial charge on any atom is 0.363 e. The first-order valence-corrected chi connectivity index (χ1v) is 8.27. The van der Waals surface area contributed by atoms with Gasteiger partial charge in [0.1, 0.15) is 5.69 Å². The first kappa shape index (κ1) is 17.6. The summed E-state index contributed by atoms with van der Waals surface area (Å²) in [6.45, 7) is 0.656. The maximum absolute atomic E-state index is 12.0. The van der Waals surface area contributed by atoms with Crippen molar-refractivity contribution in [2.45, 2.75) is 6.42 Å². The highest BCUT2D eigenvalue weighted by atomic mass is 35.5. The molecule has 0 bridgehead atoms. The molecule has 0 N–H and O–H groups in total. The molecule has 130 valence electrons. The third-order valence-electron chi connectivity index (χ3n) is 3.76. The molecule has 0 unspecified atom stereocenters. The van der Waals surface area contributed by atoms with E-state index < -0.39 is 5.97 Å². The molecule has 0 fully saturated rings.